The van der Waals surface area contributed by atoms with Crippen molar-refractivity contribution in [2.24, 2.45) is 5.92 Å². The van der Waals surface area contributed by atoms with Crippen molar-refractivity contribution in [2.75, 3.05) is 5.32 Å². The highest BCUT2D eigenvalue weighted by atomic mass is 16.5. The number of anilines is 1. The Kier molecular flexibility index (Phi) is 8.25. The van der Waals surface area contributed by atoms with Crippen LogP contribution in [0.2, 0.25) is 0 Å². The average molecular weight is 424 g/mol. The van der Waals surface area contributed by atoms with Gasteiger partial charge in [0.1, 0.15) is 0 Å². The van der Waals surface area contributed by atoms with Gasteiger partial charge in [0.25, 0.3) is 0 Å². The van der Waals surface area contributed by atoms with Crippen LogP contribution in [0.15, 0.2) is 42.5 Å². The third kappa shape index (κ3) is 6.88. The van der Waals surface area contributed by atoms with Crippen LogP contribution in [-0.2, 0) is 14.3 Å². The van der Waals surface area contributed by atoms with Gasteiger partial charge in [0, 0.05) is 29.2 Å². The van der Waals surface area contributed by atoms with Gasteiger partial charge in [-0.25, -0.2) is 0 Å². The van der Waals surface area contributed by atoms with E-state index in [2.05, 4.69) is 5.32 Å². The Balaban J connectivity index is 1.87. The minimum atomic E-state index is -0.972. The number of carbonyl (C=O) groups is 4. The Morgan fingerprint density at radius 2 is 1.45 bits per heavy atom. The van der Waals surface area contributed by atoms with Gasteiger partial charge in [-0.3, -0.25) is 19.2 Å². The first-order valence-electron chi connectivity index (χ1n) is 10.3. The van der Waals surface area contributed by atoms with Crippen LogP contribution in [0.1, 0.15) is 65.5 Å². The average Bonchev–Trinajstić information content (AvgIpc) is 2.73. The van der Waals surface area contributed by atoms with E-state index in [-0.39, 0.29) is 36.2 Å². The predicted molar refractivity (Wildman–Crippen MR) is 119 cm³/mol. The van der Waals surface area contributed by atoms with E-state index in [1.54, 1.807) is 44.2 Å². The number of aryl methyl sites for hydroxylation is 2. The summed E-state index contributed by atoms with van der Waals surface area (Å²) in [5.41, 5.74) is 3.63. The molecule has 0 heterocycles. The number of hydrogen-bond acceptors (Lipinski definition) is 5. The molecule has 1 N–H and O–H groups in total. The van der Waals surface area contributed by atoms with Crippen LogP contribution < -0.4 is 5.32 Å². The molecular formula is C25H29NO5. The molecule has 164 valence electrons. The van der Waals surface area contributed by atoms with Crippen LogP contribution >= 0.6 is 0 Å². The molecule has 0 aromatic heterocycles. The third-order valence-electron chi connectivity index (χ3n) is 5.02. The lowest BCUT2D eigenvalue weighted by Gasteiger charge is -2.13. The highest BCUT2D eigenvalue weighted by molar-refractivity contribution is 6.01. The van der Waals surface area contributed by atoms with Gasteiger partial charge < -0.3 is 10.1 Å². The minimum Gasteiger partial charge on any atom is -0.454 e. The first-order valence-corrected chi connectivity index (χ1v) is 10.3. The van der Waals surface area contributed by atoms with Gasteiger partial charge in [-0.05, 0) is 62.2 Å². The Morgan fingerprint density at radius 3 is 2.03 bits per heavy atom. The number of hydrogen-bond donors (Lipinski definition) is 1. The van der Waals surface area contributed by atoms with Crippen molar-refractivity contribution in [3.63, 3.8) is 0 Å². The van der Waals surface area contributed by atoms with Gasteiger partial charge >= 0.3 is 5.97 Å². The standard InChI is InChI=1S/C25H29NO5/c1-15(2)25(30)26-21-10-8-19(9-11-21)24(29)18(5)31-23(28)13-12-22(27)20-7-6-16(3)17(4)14-20/h6-11,14-15,18H,12-13H2,1-5H3,(H,26,30). The minimum absolute atomic E-state index is 0.0203. The van der Waals surface area contributed by atoms with Crippen molar-refractivity contribution >= 4 is 29.1 Å². The maximum Gasteiger partial charge on any atom is 0.306 e. The molecule has 6 heteroatoms. The smallest absolute Gasteiger partial charge is 0.306 e. The summed E-state index contributed by atoms with van der Waals surface area (Å²) >= 11 is 0. The molecule has 0 spiro atoms. The molecule has 0 aliphatic carbocycles. The molecule has 0 aliphatic rings. The van der Waals surface area contributed by atoms with Gasteiger partial charge in [-0.2, -0.15) is 0 Å². The zero-order chi connectivity index (χ0) is 23.1. The van der Waals surface area contributed by atoms with E-state index in [9.17, 15) is 19.2 Å². The summed E-state index contributed by atoms with van der Waals surface area (Å²) in [4.78, 5) is 48.7. The lowest BCUT2D eigenvalue weighted by atomic mass is 10.0. The largest absolute Gasteiger partial charge is 0.454 e. The monoisotopic (exact) mass is 423 g/mol. The van der Waals surface area contributed by atoms with Crippen molar-refractivity contribution in [3.8, 4) is 0 Å². The van der Waals surface area contributed by atoms with Gasteiger partial charge in [-0.1, -0.05) is 26.0 Å². The Labute approximate surface area is 183 Å². The summed E-state index contributed by atoms with van der Waals surface area (Å²) in [7, 11) is 0. The fraction of sp³-hybridized carbons (Fsp3) is 0.360. The molecule has 0 fully saturated rings. The normalized spacial score (nSPS) is 11.7. The van der Waals surface area contributed by atoms with Crippen LogP contribution in [0.5, 0.6) is 0 Å². The number of ether oxygens (including phenoxy) is 1. The second-order valence-electron chi connectivity index (χ2n) is 7.94. The highest BCUT2D eigenvalue weighted by Crippen LogP contribution is 2.15. The third-order valence-corrected chi connectivity index (χ3v) is 5.02. The number of benzene rings is 2. The van der Waals surface area contributed by atoms with Crippen LogP contribution in [0, 0.1) is 19.8 Å². The first-order chi connectivity index (χ1) is 14.6. The van der Waals surface area contributed by atoms with E-state index < -0.39 is 12.1 Å². The van der Waals surface area contributed by atoms with E-state index in [1.165, 1.54) is 6.92 Å². The molecule has 0 saturated carbocycles. The van der Waals surface area contributed by atoms with E-state index >= 15 is 0 Å². The van der Waals surface area contributed by atoms with Gasteiger partial charge in [0.15, 0.2) is 11.9 Å². The van der Waals surface area contributed by atoms with Gasteiger partial charge in [0.2, 0.25) is 11.7 Å². The van der Waals surface area contributed by atoms with E-state index in [0.717, 1.165) is 11.1 Å². The molecular weight excluding hydrogens is 394 g/mol. The number of esters is 1. The van der Waals surface area contributed by atoms with Gasteiger partial charge in [-0.15, -0.1) is 0 Å². The maximum absolute atomic E-state index is 12.5. The van der Waals surface area contributed by atoms with Crippen molar-refractivity contribution in [3.05, 3.63) is 64.7 Å². The number of rotatable bonds is 9. The molecule has 2 rings (SSSR count). The highest BCUT2D eigenvalue weighted by Gasteiger charge is 2.20. The molecule has 31 heavy (non-hydrogen) atoms. The Morgan fingerprint density at radius 1 is 0.839 bits per heavy atom. The topological polar surface area (TPSA) is 89.5 Å². The molecule has 1 atom stereocenters. The molecule has 0 radical (unpaired) electrons. The summed E-state index contributed by atoms with van der Waals surface area (Å²) in [6.07, 6.45) is -1.05. The first kappa shape index (κ1) is 24.0. The molecule has 2 aromatic carbocycles. The van der Waals surface area contributed by atoms with Crippen LogP contribution in [-0.4, -0.2) is 29.5 Å². The zero-order valence-corrected chi connectivity index (χ0v) is 18.7. The quantitative estimate of drug-likeness (QED) is 0.467. The van der Waals surface area contributed by atoms with E-state index in [4.69, 9.17) is 4.74 Å². The number of amides is 1. The number of nitrogens with one attached hydrogen (secondary N) is 1. The lowest BCUT2D eigenvalue weighted by Crippen LogP contribution is -2.24. The van der Waals surface area contributed by atoms with Crippen molar-refractivity contribution < 1.29 is 23.9 Å². The van der Waals surface area contributed by atoms with Crippen molar-refractivity contribution in [1.82, 2.24) is 0 Å². The van der Waals surface area contributed by atoms with E-state index in [0.29, 0.717) is 16.8 Å². The predicted octanol–water partition coefficient (Wildman–Crippen LogP) is 4.68. The van der Waals surface area contributed by atoms with Crippen LogP contribution in [0.4, 0.5) is 5.69 Å². The second-order valence-corrected chi connectivity index (χ2v) is 7.94. The fourth-order valence-electron chi connectivity index (χ4n) is 2.82. The summed E-state index contributed by atoms with van der Waals surface area (Å²) in [6.45, 7) is 8.98. The SMILES string of the molecule is Cc1ccc(C(=O)CCC(=O)OC(C)C(=O)c2ccc(NC(=O)C(C)C)cc2)cc1C. The molecule has 1 amide bonds. The molecule has 0 bridgehead atoms. The fourth-order valence-corrected chi connectivity index (χ4v) is 2.82. The summed E-state index contributed by atoms with van der Waals surface area (Å²) in [5.74, 6) is -1.35. The molecule has 0 saturated heterocycles. The summed E-state index contributed by atoms with van der Waals surface area (Å²) < 4.78 is 5.21. The van der Waals surface area contributed by atoms with Crippen molar-refractivity contribution in [2.45, 2.75) is 53.6 Å². The number of carbonyl (C=O) groups excluding carboxylic acids is 4. The van der Waals surface area contributed by atoms with E-state index in [1.807, 2.05) is 26.0 Å². The second kappa shape index (κ2) is 10.7. The maximum atomic E-state index is 12.5. The Hall–Kier alpha value is -3.28. The summed E-state index contributed by atoms with van der Waals surface area (Å²) in [6, 6.07) is 11.8. The molecule has 0 aliphatic heterocycles. The molecule has 1 unspecified atom stereocenters. The van der Waals surface area contributed by atoms with Gasteiger partial charge in [0.05, 0.1) is 6.42 Å². The molecule has 6 nitrogen and oxygen atoms in total. The molecule has 2 aromatic rings. The van der Waals surface area contributed by atoms with Crippen LogP contribution in [0.25, 0.3) is 0 Å². The van der Waals surface area contributed by atoms with Crippen LogP contribution in [0.3, 0.4) is 0 Å². The zero-order valence-electron chi connectivity index (χ0n) is 18.7. The number of Topliss-reactive ketones (excluding diaryl/α,β-unsaturated/α-hetero) is 2. The lowest BCUT2D eigenvalue weighted by molar-refractivity contribution is -0.146. The number of ketones is 2. The summed E-state index contributed by atoms with van der Waals surface area (Å²) in [5, 5.41) is 2.75. The Bertz CT molecular complexity index is 976. The van der Waals surface area contributed by atoms with Crippen molar-refractivity contribution in [1.29, 1.82) is 0 Å².